The summed E-state index contributed by atoms with van der Waals surface area (Å²) in [4.78, 5) is 0. The maximum Gasteiger partial charge on any atom is 0.127 e. The van der Waals surface area contributed by atoms with Crippen molar-refractivity contribution in [1.29, 1.82) is 0 Å². The first-order chi connectivity index (χ1) is 9.40. The third-order valence-electron chi connectivity index (χ3n) is 3.70. The Balaban J connectivity index is 2.05. The van der Waals surface area contributed by atoms with E-state index in [0.717, 1.165) is 25.2 Å². The SMILES string of the molecule is CNC(c1ccccc1)c1cccc2c1OCCC2. The molecule has 0 aliphatic carbocycles. The van der Waals surface area contributed by atoms with E-state index in [-0.39, 0.29) is 6.04 Å². The smallest absolute Gasteiger partial charge is 0.127 e. The fourth-order valence-corrected chi connectivity index (χ4v) is 2.79. The third kappa shape index (κ3) is 2.36. The predicted molar refractivity (Wildman–Crippen MR) is 77.6 cm³/mol. The molecule has 0 spiro atoms. The second kappa shape index (κ2) is 5.45. The Bertz CT molecular complexity index is 550. The molecular weight excluding hydrogens is 234 g/mol. The molecule has 0 radical (unpaired) electrons. The average molecular weight is 253 g/mol. The van der Waals surface area contributed by atoms with E-state index in [0.29, 0.717) is 0 Å². The molecule has 0 fully saturated rings. The maximum atomic E-state index is 5.92. The second-order valence-electron chi connectivity index (χ2n) is 4.92. The summed E-state index contributed by atoms with van der Waals surface area (Å²) < 4.78 is 5.92. The molecule has 98 valence electrons. The zero-order valence-corrected chi connectivity index (χ0v) is 11.2. The normalized spacial score (nSPS) is 15.4. The van der Waals surface area contributed by atoms with Crippen molar-refractivity contribution in [3.05, 3.63) is 65.2 Å². The van der Waals surface area contributed by atoms with Gasteiger partial charge in [0.25, 0.3) is 0 Å². The molecule has 3 rings (SSSR count). The first kappa shape index (κ1) is 12.2. The van der Waals surface area contributed by atoms with Crippen molar-refractivity contribution in [2.45, 2.75) is 18.9 Å². The fraction of sp³-hybridized carbons (Fsp3) is 0.294. The van der Waals surface area contributed by atoms with E-state index in [9.17, 15) is 0 Å². The number of benzene rings is 2. The van der Waals surface area contributed by atoms with Crippen molar-refractivity contribution in [2.75, 3.05) is 13.7 Å². The van der Waals surface area contributed by atoms with Gasteiger partial charge in [-0.2, -0.15) is 0 Å². The lowest BCUT2D eigenvalue weighted by molar-refractivity contribution is 0.283. The first-order valence-electron chi connectivity index (χ1n) is 6.87. The lowest BCUT2D eigenvalue weighted by atomic mass is 9.94. The molecule has 1 heterocycles. The lowest BCUT2D eigenvalue weighted by Crippen LogP contribution is -2.20. The number of hydrogen-bond donors (Lipinski definition) is 1. The molecule has 2 aromatic carbocycles. The van der Waals surface area contributed by atoms with Crippen LogP contribution in [0, 0.1) is 0 Å². The molecule has 1 unspecified atom stereocenters. The van der Waals surface area contributed by atoms with Crippen LogP contribution >= 0.6 is 0 Å². The van der Waals surface area contributed by atoms with E-state index in [2.05, 4.69) is 47.8 Å². The van der Waals surface area contributed by atoms with Crippen LogP contribution in [-0.4, -0.2) is 13.7 Å². The summed E-state index contributed by atoms with van der Waals surface area (Å²) >= 11 is 0. The Morgan fingerprint density at radius 2 is 1.89 bits per heavy atom. The third-order valence-corrected chi connectivity index (χ3v) is 3.70. The highest BCUT2D eigenvalue weighted by Crippen LogP contribution is 2.35. The highest BCUT2D eigenvalue weighted by Gasteiger charge is 2.20. The summed E-state index contributed by atoms with van der Waals surface area (Å²) in [6.45, 7) is 0.829. The molecule has 1 N–H and O–H groups in total. The largest absolute Gasteiger partial charge is 0.493 e. The highest BCUT2D eigenvalue weighted by molar-refractivity contribution is 5.47. The molecule has 0 aromatic heterocycles. The number of fused-ring (bicyclic) bond motifs is 1. The van der Waals surface area contributed by atoms with Gasteiger partial charge < -0.3 is 10.1 Å². The van der Waals surface area contributed by atoms with E-state index in [4.69, 9.17) is 4.74 Å². The van der Waals surface area contributed by atoms with E-state index in [1.54, 1.807) is 0 Å². The molecule has 2 heteroatoms. The van der Waals surface area contributed by atoms with Gasteiger partial charge in [0.15, 0.2) is 0 Å². The van der Waals surface area contributed by atoms with Gasteiger partial charge in [0.05, 0.1) is 12.6 Å². The van der Waals surface area contributed by atoms with Crippen LogP contribution in [0.2, 0.25) is 0 Å². The number of ether oxygens (including phenoxy) is 1. The maximum absolute atomic E-state index is 5.92. The van der Waals surface area contributed by atoms with Gasteiger partial charge in [0.2, 0.25) is 0 Å². The van der Waals surface area contributed by atoms with Gasteiger partial charge >= 0.3 is 0 Å². The number of rotatable bonds is 3. The Hall–Kier alpha value is -1.80. The monoisotopic (exact) mass is 253 g/mol. The molecule has 2 aromatic rings. The molecule has 0 bridgehead atoms. The van der Waals surface area contributed by atoms with Crippen LogP contribution in [0.4, 0.5) is 0 Å². The minimum atomic E-state index is 0.189. The van der Waals surface area contributed by atoms with Gasteiger partial charge in [-0.25, -0.2) is 0 Å². The zero-order valence-electron chi connectivity index (χ0n) is 11.2. The van der Waals surface area contributed by atoms with E-state index < -0.39 is 0 Å². The summed E-state index contributed by atoms with van der Waals surface area (Å²) in [7, 11) is 2.00. The van der Waals surface area contributed by atoms with Gasteiger partial charge in [-0.3, -0.25) is 0 Å². The van der Waals surface area contributed by atoms with E-state index in [1.807, 2.05) is 13.1 Å². The van der Waals surface area contributed by atoms with Crippen LogP contribution in [0.1, 0.15) is 29.2 Å². The van der Waals surface area contributed by atoms with Crippen molar-refractivity contribution in [1.82, 2.24) is 5.32 Å². The van der Waals surface area contributed by atoms with Gasteiger partial charge in [0, 0.05) is 5.56 Å². The summed E-state index contributed by atoms with van der Waals surface area (Å²) in [6.07, 6.45) is 2.24. The standard InChI is InChI=1S/C17H19NO/c1-18-16(13-7-3-2-4-8-13)15-11-5-9-14-10-6-12-19-17(14)15/h2-5,7-9,11,16,18H,6,10,12H2,1H3. The molecule has 0 saturated heterocycles. The zero-order chi connectivity index (χ0) is 13.1. The van der Waals surface area contributed by atoms with Gasteiger partial charge in [0.1, 0.15) is 5.75 Å². The molecule has 19 heavy (non-hydrogen) atoms. The number of hydrogen-bond acceptors (Lipinski definition) is 2. The van der Waals surface area contributed by atoms with E-state index in [1.165, 1.54) is 16.7 Å². The van der Waals surface area contributed by atoms with Crippen LogP contribution < -0.4 is 10.1 Å². The first-order valence-corrected chi connectivity index (χ1v) is 6.87. The molecule has 2 nitrogen and oxygen atoms in total. The van der Waals surface area contributed by atoms with Crippen molar-refractivity contribution < 1.29 is 4.74 Å². The molecule has 1 aliphatic rings. The van der Waals surface area contributed by atoms with Crippen LogP contribution in [-0.2, 0) is 6.42 Å². The number of aryl methyl sites for hydroxylation is 1. The predicted octanol–water partition coefficient (Wildman–Crippen LogP) is 3.32. The Kier molecular flexibility index (Phi) is 3.51. The van der Waals surface area contributed by atoms with Crippen molar-refractivity contribution in [3.8, 4) is 5.75 Å². The second-order valence-corrected chi connectivity index (χ2v) is 4.92. The fourth-order valence-electron chi connectivity index (χ4n) is 2.79. The molecular formula is C17H19NO. The quantitative estimate of drug-likeness (QED) is 0.906. The minimum Gasteiger partial charge on any atom is -0.493 e. The molecule has 1 atom stereocenters. The van der Waals surface area contributed by atoms with E-state index >= 15 is 0 Å². The van der Waals surface area contributed by atoms with Gasteiger partial charge in [-0.1, -0.05) is 48.5 Å². The summed E-state index contributed by atoms with van der Waals surface area (Å²) in [5.41, 5.74) is 3.85. The van der Waals surface area contributed by atoms with Crippen molar-refractivity contribution in [3.63, 3.8) is 0 Å². The summed E-state index contributed by atoms with van der Waals surface area (Å²) in [6, 6.07) is 17.2. The van der Waals surface area contributed by atoms with Crippen molar-refractivity contribution >= 4 is 0 Å². The van der Waals surface area contributed by atoms with Crippen LogP contribution in [0.5, 0.6) is 5.75 Å². The average Bonchev–Trinajstić information content (AvgIpc) is 2.49. The van der Waals surface area contributed by atoms with Gasteiger partial charge in [-0.05, 0) is 31.0 Å². The van der Waals surface area contributed by atoms with Crippen LogP contribution in [0.25, 0.3) is 0 Å². The molecule has 0 amide bonds. The lowest BCUT2D eigenvalue weighted by Gasteiger charge is -2.25. The summed E-state index contributed by atoms with van der Waals surface area (Å²) in [5.74, 6) is 1.08. The van der Waals surface area contributed by atoms with Crippen molar-refractivity contribution in [2.24, 2.45) is 0 Å². The Morgan fingerprint density at radius 1 is 1.05 bits per heavy atom. The van der Waals surface area contributed by atoms with Crippen LogP contribution in [0.15, 0.2) is 48.5 Å². The Morgan fingerprint density at radius 3 is 2.68 bits per heavy atom. The minimum absolute atomic E-state index is 0.189. The molecule has 1 aliphatic heterocycles. The topological polar surface area (TPSA) is 21.3 Å². The van der Waals surface area contributed by atoms with Crippen LogP contribution in [0.3, 0.4) is 0 Å². The number of para-hydroxylation sites is 1. The Labute approximate surface area is 114 Å². The summed E-state index contributed by atoms with van der Waals surface area (Å²) in [5, 5.41) is 3.40. The van der Waals surface area contributed by atoms with Gasteiger partial charge in [-0.15, -0.1) is 0 Å². The number of nitrogens with one attached hydrogen (secondary N) is 1. The highest BCUT2D eigenvalue weighted by atomic mass is 16.5. The molecule has 0 saturated carbocycles.